The Morgan fingerprint density at radius 3 is 2.82 bits per heavy atom. The highest BCUT2D eigenvalue weighted by atomic mass is 16.1. The van der Waals surface area contributed by atoms with E-state index in [0.29, 0.717) is 29.2 Å². The lowest BCUT2D eigenvalue weighted by atomic mass is 9.66. The molecule has 0 radical (unpaired) electrons. The summed E-state index contributed by atoms with van der Waals surface area (Å²) in [6.07, 6.45) is 17.5. The Labute approximate surface area is 225 Å². The maximum Gasteiger partial charge on any atom is 0.252 e. The van der Waals surface area contributed by atoms with Gasteiger partial charge in [-0.15, -0.1) is 0 Å². The quantitative estimate of drug-likeness (QED) is 0.553. The van der Waals surface area contributed by atoms with Crippen molar-refractivity contribution in [3.8, 4) is 17.3 Å². The van der Waals surface area contributed by atoms with Gasteiger partial charge < -0.3 is 5.32 Å². The average Bonchev–Trinajstić information content (AvgIpc) is 2.91. The van der Waals surface area contributed by atoms with Crippen LogP contribution in [0.3, 0.4) is 0 Å². The van der Waals surface area contributed by atoms with Gasteiger partial charge in [-0.25, -0.2) is 4.98 Å². The molecule has 1 N–H and O–H groups in total. The highest BCUT2D eigenvalue weighted by Crippen LogP contribution is 2.40. The number of amides is 1. The second-order valence-corrected chi connectivity index (χ2v) is 11.5. The van der Waals surface area contributed by atoms with Crippen LogP contribution in [0.1, 0.15) is 55.7 Å². The maximum absolute atomic E-state index is 13.9. The van der Waals surface area contributed by atoms with Crippen LogP contribution in [0, 0.1) is 40.4 Å². The van der Waals surface area contributed by atoms with Crippen LogP contribution in [0.5, 0.6) is 0 Å². The van der Waals surface area contributed by atoms with Gasteiger partial charge in [-0.05, 0) is 77.8 Å². The van der Waals surface area contributed by atoms with E-state index < -0.39 is 0 Å². The summed E-state index contributed by atoms with van der Waals surface area (Å²) in [5.41, 5.74) is 4.71. The number of carbonyl (C=O) groups is 1. The first-order valence-electron chi connectivity index (χ1n) is 13.5. The zero-order valence-corrected chi connectivity index (χ0v) is 22.6. The van der Waals surface area contributed by atoms with Crippen LogP contribution in [0.4, 0.5) is 0 Å². The molecule has 2 aliphatic carbocycles. The average molecular weight is 506 g/mol. The highest BCUT2D eigenvalue weighted by molar-refractivity contribution is 5.99. The van der Waals surface area contributed by atoms with E-state index in [1.165, 1.54) is 0 Å². The smallest absolute Gasteiger partial charge is 0.252 e. The molecule has 6 nitrogen and oxygen atoms in total. The van der Waals surface area contributed by atoms with Gasteiger partial charge in [-0.3, -0.25) is 14.8 Å². The van der Waals surface area contributed by atoms with Crippen molar-refractivity contribution < 1.29 is 4.79 Å². The van der Waals surface area contributed by atoms with Crippen molar-refractivity contribution in [2.45, 2.75) is 46.6 Å². The molecule has 5 rings (SSSR count). The molecule has 0 saturated heterocycles. The summed E-state index contributed by atoms with van der Waals surface area (Å²) in [6.45, 7) is 9.53. The van der Waals surface area contributed by atoms with Crippen LogP contribution in [-0.2, 0) is 6.42 Å². The minimum absolute atomic E-state index is 0.0889. The number of pyridine rings is 2. The summed E-state index contributed by atoms with van der Waals surface area (Å²) < 4.78 is 0. The number of rotatable bonds is 5. The van der Waals surface area contributed by atoms with Gasteiger partial charge in [0.05, 0.1) is 23.5 Å². The fraction of sp³-hybridized carbons (Fsp3) is 0.406. The van der Waals surface area contributed by atoms with E-state index in [1.54, 1.807) is 12.4 Å². The lowest BCUT2D eigenvalue weighted by Gasteiger charge is -2.43. The van der Waals surface area contributed by atoms with Gasteiger partial charge in [0, 0.05) is 41.9 Å². The van der Waals surface area contributed by atoms with Gasteiger partial charge in [0.15, 0.2) is 0 Å². The molecule has 3 heterocycles. The molecule has 2 aromatic heterocycles. The molecule has 194 valence electrons. The largest absolute Gasteiger partial charge is 0.344 e. The molecule has 5 unspecified atom stereocenters. The molecule has 1 amide bonds. The van der Waals surface area contributed by atoms with Crippen LogP contribution >= 0.6 is 0 Å². The van der Waals surface area contributed by atoms with E-state index in [9.17, 15) is 10.1 Å². The van der Waals surface area contributed by atoms with Crippen LogP contribution in [0.15, 0.2) is 65.5 Å². The highest BCUT2D eigenvalue weighted by Gasteiger charge is 2.41. The number of aromatic nitrogens is 2. The van der Waals surface area contributed by atoms with Gasteiger partial charge in [-0.2, -0.15) is 5.26 Å². The maximum atomic E-state index is 13.9. The van der Waals surface area contributed by atoms with Crippen LogP contribution in [0.25, 0.3) is 17.3 Å². The number of carbonyl (C=O) groups excluding carboxylic acids is 1. The number of hydrogen-bond acceptors (Lipinski definition) is 5. The summed E-state index contributed by atoms with van der Waals surface area (Å²) >= 11 is 0. The van der Waals surface area contributed by atoms with E-state index >= 15 is 0 Å². The lowest BCUT2D eigenvalue weighted by molar-refractivity contribution is 0.0867. The number of aliphatic imine (C=N–C) groups is 1. The number of nitriles is 1. The first kappa shape index (κ1) is 25.8. The molecule has 38 heavy (non-hydrogen) atoms. The monoisotopic (exact) mass is 505 g/mol. The van der Waals surface area contributed by atoms with Crippen LogP contribution < -0.4 is 5.32 Å². The molecular formula is C32H35N5O. The Hall–Kier alpha value is -3.85. The molecule has 1 aliphatic heterocycles. The fourth-order valence-electron chi connectivity index (χ4n) is 5.81. The van der Waals surface area contributed by atoms with E-state index in [-0.39, 0.29) is 17.4 Å². The summed E-state index contributed by atoms with van der Waals surface area (Å²) in [7, 11) is 0. The third-order valence-electron chi connectivity index (χ3n) is 8.51. The van der Waals surface area contributed by atoms with Crippen molar-refractivity contribution in [3.05, 3.63) is 77.3 Å². The third-order valence-corrected chi connectivity index (χ3v) is 8.51. The molecule has 0 aromatic carbocycles. The number of nitrogens with one attached hydrogen (secondary N) is 1. The molecule has 0 bridgehead atoms. The van der Waals surface area contributed by atoms with Crippen molar-refractivity contribution in [1.82, 2.24) is 15.3 Å². The zero-order chi connectivity index (χ0) is 26.9. The van der Waals surface area contributed by atoms with E-state index in [1.807, 2.05) is 36.6 Å². The normalized spacial score (nSPS) is 27.2. The Balaban J connectivity index is 1.40. The van der Waals surface area contributed by atoms with Crippen LogP contribution in [0.2, 0.25) is 0 Å². The van der Waals surface area contributed by atoms with E-state index in [4.69, 9.17) is 9.98 Å². The Morgan fingerprint density at radius 2 is 2.08 bits per heavy atom. The fourth-order valence-corrected chi connectivity index (χ4v) is 5.81. The number of allylic oxidation sites excluding steroid dienone is 5. The first-order valence-corrected chi connectivity index (χ1v) is 13.5. The first-order chi connectivity index (χ1) is 18.3. The summed E-state index contributed by atoms with van der Waals surface area (Å²) in [6, 6.07) is 7.82. The second kappa shape index (κ2) is 10.5. The third kappa shape index (κ3) is 5.11. The van der Waals surface area contributed by atoms with Crippen molar-refractivity contribution >= 4 is 18.2 Å². The summed E-state index contributed by atoms with van der Waals surface area (Å²) in [5, 5.41) is 12.6. The molecule has 6 heteroatoms. The Kier molecular flexibility index (Phi) is 7.12. The molecular weight excluding hydrogens is 470 g/mol. The van der Waals surface area contributed by atoms with Crippen molar-refractivity contribution in [2.24, 2.45) is 34.1 Å². The van der Waals surface area contributed by atoms with Gasteiger partial charge >= 0.3 is 0 Å². The zero-order valence-electron chi connectivity index (χ0n) is 22.6. The second-order valence-electron chi connectivity index (χ2n) is 11.5. The van der Waals surface area contributed by atoms with Crippen molar-refractivity contribution in [3.63, 3.8) is 0 Å². The minimum atomic E-state index is -0.191. The minimum Gasteiger partial charge on any atom is -0.344 e. The predicted molar refractivity (Wildman–Crippen MR) is 151 cm³/mol. The predicted octanol–water partition coefficient (Wildman–Crippen LogP) is 5.84. The molecule has 3 aliphatic rings. The molecule has 0 saturated carbocycles. The van der Waals surface area contributed by atoms with Crippen molar-refractivity contribution in [2.75, 3.05) is 6.54 Å². The standard InChI is InChI=1S/C32H35N5O/c1-20-7-10-28-26(12-20)27(15-29(36-28)24-6-5-11-34-17-24)31(38)37-30-19-35-18-25(32(30,3)4)14-23-9-8-22(16-33)13-21(23)2/h5-11,13,15,17,19-21,23,25,30H,12,14,18H2,1-4H3,(H,37,38). The van der Waals surface area contributed by atoms with Gasteiger partial charge in [0.25, 0.3) is 5.91 Å². The number of fused-ring (bicyclic) bond motifs is 1. The Morgan fingerprint density at radius 1 is 1.24 bits per heavy atom. The Bertz CT molecular complexity index is 1380. The van der Waals surface area contributed by atoms with Gasteiger partial charge in [-0.1, -0.05) is 45.9 Å². The lowest BCUT2D eigenvalue weighted by Crippen LogP contribution is -2.53. The number of hydrogen-bond donors (Lipinski definition) is 1. The van der Waals surface area contributed by atoms with Crippen molar-refractivity contribution in [1.29, 1.82) is 5.26 Å². The SMILES string of the molecule is CC1C=Cc2nc(-c3cccnc3)cc(C(=O)NC3C=NCC(CC4C=CC(C#N)=CC4C)C3(C)C)c2C1. The van der Waals surface area contributed by atoms with E-state index in [0.717, 1.165) is 47.5 Å². The topological polar surface area (TPSA) is 91.0 Å². The molecule has 0 fully saturated rings. The van der Waals surface area contributed by atoms with Gasteiger partial charge in [0.2, 0.25) is 0 Å². The summed E-state index contributed by atoms with van der Waals surface area (Å²) in [5.74, 6) is 1.21. The van der Waals surface area contributed by atoms with Crippen LogP contribution in [-0.4, -0.2) is 34.7 Å². The van der Waals surface area contributed by atoms with Gasteiger partial charge in [0.1, 0.15) is 0 Å². The molecule has 2 aromatic rings. The van der Waals surface area contributed by atoms with E-state index in [2.05, 4.69) is 62.3 Å². The molecule has 0 spiro atoms. The number of nitrogens with zero attached hydrogens (tertiary/aromatic N) is 4. The molecule has 5 atom stereocenters. The summed E-state index contributed by atoms with van der Waals surface area (Å²) in [4.78, 5) is 27.7.